The lowest BCUT2D eigenvalue weighted by Crippen LogP contribution is -2.04. The Morgan fingerprint density at radius 3 is 2.55 bits per heavy atom. The molecule has 6 heteroatoms. The SMILES string of the molecule is CCNc1nc(Nc2cc(F)ccc2C)c(Cl)cc1Cl. The van der Waals surface area contributed by atoms with E-state index < -0.39 is 0 Å². The molecule has 0 saturated carbocycles. The van der Waals surface area contributed by atoms with Gasteiger partial charge in [0, 0.05) is 12.2 Å². The van der Waals surface area contributed by atoms with Gasteiger partial charge in [-0.25, -0.2) is 9.37 Å². The van der Waals surface area contributed by atoms with Gasteiger partial charge in [-0.05, 0) is 37.6 Å². The highest BCUT2D eigenvalue weighted by molar-refractivity contribution is 6.37. The van der Waals surface area contributed by atoms with Crippen molar-refractivity contribution in [2.75, 3.05) is 17.2 Å². The molecule has 2 N–H and O–H groups in total. The summed E-state index contributed by atoms with van der Waals surface area (Å²) in [5, 5.41) is 6.88. The molecule has 0 saturated heterocycles. The van der Waals surface area contributed by atoms with E-state index in [9.17, 15) is 4.39 Å². The van der Waals surface area contributed by atoms with E-state index in [2.05, 4.69) is 15.6 Å². The standard InChI is InChI=1S/C14H14Cl2FN3/c1-3-18-13-10(15)7-11(16)14(20-13)19-12-6-9(17)5-4-8(12)2/h4-7H,3H2,1-2H3,(H2,18,19,20). The van der Waals surface area contributed by atoms with E-state index in [1.807, 2.05) is 13.8 Å². The first-order chi connectivity index (χ1) is 9.51. The third-order valence-electron chi connectivity index (χ3n) is 2.73. The van der Waals surface area contributed by atoms with E-state index in [-0.39, 0.29) is 5.82 Å². The van der Waals surface area contributed by atoms with Gasteiger partial charge < -0.3 is 10.6 Å². The number of rotatable bonds is 4. The summed E-state index contributed by atoms with van der Waals surface area (Å²) in [4.78, 5) is 4.32. The van der Waals surface area contributed by atoms with Crippen molar-refractivity contribution in [1.29, 1.82) is 0 Å². The van der Waals surface area contributed by atoms with Gasteiger partial charge in [0.25, 0.3) is 0 Å². The first-order valence-electron chi connectivity index (χ1n) is 6.14. The Bertz CT molecular complexity index is 632. The minimum Gasteiger partial charge on any atom is -0.369 e. The van der Waals surface area contributed by atoms with Crippen LogP contribution in [-0.4, -0.2) is 11.5 Å². The van der Waals surface area contributed by atoms with Crippen molar-refractivity contribution >= 4 is 40.5 Å². The summed E-state index contributed by atoms with van der Waals surface area (Å²) in [7, 11) is 0. The zero-order valence-corrected chi connectivity index (χ0v) is 12.6. The van der Waals surface area contributed by atoms with E-state index in [1.165, 1.54) is 12.1 Å². The highest BCUT2D eigenvalue weighted by Gasteiger charge is 2.10. The maximum absolute atomic E-state index is 13.3. The summed E-state index contributed by atoms with van der Waals surface area (Å²) >= 11 is 12.2. The van der Waals surface area contributed by atoms with Crippen molar-refractivity contribution in [2.45, 2.75) is 13.8 Å². The third-order valence-corrected chi connectivity index (χ3v) is 3.30. The van der Waals surface area contributed by atoms with Gasteiger partial charge in [-0.15, -0.1) is 0 Å². The number of pyridine rings is 1. The van der Waals surface area contributed by atoms with Gasteiger partial charge in [0.2, 0.25) is 0 Å². The summed E-state index contributed by atoms with van der Waals surface area (Å²) < 4.78 is 13.3. The van der Waals surface area contributed by atoms with Crippen LogP contribution in [-0.2, 0) is 0 Å². The quantitative estimate of drug-likeness (QED) is 0.833. The molecule has 1 aromatic carbocycles. The number of nitrogens with one attached hydrogen (secondary N) is 2. The van der Waals surface area contributed by atoms with Crippen LogP contribution in [0.15, 0.2) is 24.3 Å². The maximum atomic E-state index is 13.3. The summed E-state index contributed by atoms with van der Waals surface area (Å²) in [6, 6.07) is 6.09. The van der Waals surface area contributed by atoms with E-state index in [1.54, 1.807) is 12.1 Å². The zero-order valence-electron chi connectivity index (χ0n) is 11.1. The lowest BCUT2D eigenvalue weighted by molar-refractivity contribution is 0.628. The number of anilines is 3. The fraction of sp³-hybridized carbons (Fsp3) is 0.214. The molecule has 0 aliphatic heterocycles. The number of nitrogens with zero attached hydrogens (tertiary/aromatic N) is 1. The summed E-state index contributed by atoms with van der Waals surface area (Å²) in [6.07, 6.45) is 0. The van der Waals surface area contributed by atoms with Crippen LogP contribution < -0.4 is 10.6 Å². The monoisotopic (exact) mass is 313 g/mol. The van der Waals surface area contributed by atoms with Gasteiger partial charge >= 0.3 is 0 Å². The minimum atomic E-state index is -0.324. The lowest BCUT2D eigenvalue weighted by atomic mass is 10.2. The van der Waals surface area contributed by atoms with Crippen molar-refractivity contribution in [2.24, 2.45) is 0 Å². The average molecular weight is 314 g/mol. The number of aromatic nitrogens is 1. The van der Waals surface area contributed by atoms with E-state index >= 15 is 0 Å². The molecule has 2 rings (SSSR count). The van der Waals surface area contributed by atoms with Crippen molar-refractivity contribution in [1.82, 2.24) is 4.98 Å². The second-order valence-electron chi connectivity index (χ2n) is 4.26. The average Bonchev–Trinajstić information content (AvgIpc) is 2.39. The Morgan fingerprint density at radius 2 is 1.85 bits per heavy atom. The van der Waals surface area contributed by atoms with Crippen LogP contribution in [0.25, 0.3) is 0 Å². The number of aryl methyl sites for hydroxylation is 1. The van der Waals surface area contributed by atoms with E-state index in [0.717, 1.165) is 5.56 Å². The Labute approximate surface area is 127 Å². The fourth-order valence-electron chi connectivity index (χ4n) is 1.70. The molecule has 0 fully saturated rings. The second kappa shape index (κ2) is 6.29. The van der Waals surface area contributed by atoms with Gasteiger partial charge in [-0.2, -0.15) is 0 Å². The fourth-order valence-corrected chi connectivity index (χ4v) is 2.17. The Kier molecular flexibility index (Phi) is 4.68. The molecule has 0 spiro atoms. The van der Waals surface area contributed by atoms with Crippen LogP contribution in [0, 0.1) is 12.7 Å². The summed E-state index contributed by atoms with van der Waals surface area (Å²) in [5.74, 6) is 0.644. The van der Waals surface area contributed by atoms with Crippen LogP contribution in [0.1, 0.15) is 12.5 Å². The molecule has 0 aliphatic carbocycles. The van der Waals surface area contributed by atoms with Crippen molar-refractivity contribution in [3.05, 3.63) is 45.7 Å². The van der Waals surface area contributed by atoms with Crippen molar-refractivity contribution in [3.8, 4) is 0 Å². The van der Waals surface area contributed by atoms with E-state index in [0.29, 0.717) is 33.9 Å². The molecule has 0 atom stereocenters. The largest absolute Gasteiger partial charge is 0.369 e. The Hall–Kier alpha value is -1.52. The smallest absolute Gasteiger partial charge is 0.151 e. The first-order valence-corrected chi connectivity index (χ1v) is 6.90. The molecule has 0 unspecified atom stereocenters. The molecule has 1 aromatic heterocycles. The zero-order chi connectivity index (χ0) is 14.7. The van der Waals surface area contributed by atoms with Gasteiger partial charge in [0.05, 0.1) is 10.0 Å². The number of hydrogen-bond donors (Lipinski definition) is 2. The van der Waals surface area contributed by atoms with Crippen molar-refractivity contribution in [3.63, 3.8) is 0 Å². The Morgan fingerprint density at radius 1 is 1.15 bits per heavy atom. The Balaban J connectivity index is 2.37. The molecular weight excluding hydrogens is 300 g/mol. The number of hydrogen-bond acceptors (Lipinski definition) is 3. The molecular formula is C14H14Cl2FN3. The predicted octanol–water partition coefficient (Wildman–Crippen LogP) is 5.01. The molecule has 0 radical (unpaired) electrons. The number of benzene rings is 1. The first kappa shape index (κ1) is 14.9. The molecule has 2 aromatic rings. The van der Waals surface area contributed by atoms with Crippen LogP contribution in [0.3, 0.4) is 0 Å². The molecule has 106 valence electrons. The molecule has 1 heterocycles. The maximum Gasteiger partial charge on any atom is 0.151 e. The third kappa shape index (κ3) is 3.32. The highest BCUT2D eigenvalue weighted by atomic mass is 35.5. The predicted molar refractivity (Wildman–Crippen MR) is 82.8 cm³/mol. The van der Waals surface area contributed by atoms with Gasteiger partial charge in [-0.3, -0.25) is 0 Å². The molecule has 0 amide bonds. The molecule has 0 bridgehead atoms. The van der Waals surface area contributed by atoms with Crippen LogP contribution in [0.2, 0.25) is 10.0 Å². The topological polar surface area (TPSA) is 37.0 Å². The molecule has 0 aliphatic rings. The van der Waals surface area contributed by atoms with Gasteiger partial charge in [-0.1, -0.05) is 29.3 Å². The lowest BCUT2D eigenvalue weighted by Gasteiger charge is -2.13. The van der Waals surface area contributed by atoms with Gasteiger partial charge in [0.1, 0.15) is 11.6 Å². The van der Waals surface area contributed by atoms with E-state index in [4.69, 9.17) is 23.2 Å². The number of halogens is 3. The van der Waals surface area contributed by atoms with Gasteiger partial charge in [0.15, 0.2) is 5.82 Å². The van der Waals surface area contributed by atoms with Crippen molar-refractivity contribution < 1.29 is 4.39 Å². The molecule has 3 nitrogen and oxygen atoms in total. The second-order valence-corrected chi connectivity index (χ2v) is 5.08. The normalized spacial score (nSPS) is 10.4. The van der Waals surface area contributed by atoms with Crippen LogP contribution in [0.4, 0.5) is 21.7 Å². The minimum absolute atomic E-state index is 0.324. The summed E-state index contributed by atoms with van der Waals surface area (Å²) in [6.45, 7) is 4.50. The van der Waals surface area contributed by atoms with Crippen LogP contribution >= 0.6 is 23.2 Å². The highest BCUT2D eigenvalue weighted by Crippen LogP contribution is 2.31. The molecule has 20 heavy (non-hydrogen) atoms. The summed E-state index contributed by atoms with van der Waals surface area (Å²) in [5.41, 5.74) is 1.51. The van der Waals surface area contributed by atoms with Crippen LogP contribution in [0.5, 0.6) is 0 Å².